The average molecular weight is 429 g/mol. The minimum absolute atomic E-state index is 0.200. The van der Waals surface area contributed by atoms with Crippen molar-refractivity contribution in [3.05, 3.63) is 63.6 Å². The summed E-state index contributed by atoms with van der Waals surface area (Å²) in [5.41, 5.74) is 2.35. The summed E-state index contributed by atoms with van der Waals surface area (Å²) in [5.74, 6) is -0.268. The van der Waals surface area contributed by atoms with Crippen LogP contribution in [-0.4, -0.2) is 28.7 Å². The molecule has 0 radical (unpaired) electrons. The minimum Gasteiger partial charge on any atom is -0.489 e. The normalized spacial score (nSPS) is 19.1. The van der Waals surface area contributed by atoms with E-state index in [0.29, 0.717) is 30.9 Å². The van der Waals surface area contributed by atoms with Gasteiger partial charge in [0.1, 0.15) is 18.4 Å². The average Bonchev–Trinajstić information content (AvgIpc) is 2.99. The van der Waals surface area contributed by atoms with Gasteiger partial charge in [0.15, 0.2) is 0 Å². The van der Waals surface area contributed by atoms with E-state index in [9.17, 15) is 14.4 Å². The Morgan fingerprint density at radius 3 is 2.63 bits per heavy atom. The Balaban J connectivity index is 1.53. The lowest BCUT2D eigenvalue weighted by molar-refractivity contribution is -0.136. The van der Waals surface area contributed by atoms with Gasteiger partial charge in [-0.1, -0.05) is 34.1 Å². The summed E-state index contributed by atoms with van der Waals surface area (Å²) >= 11 is 3.40. The summed E-state index contributed by atoms with van der Waals surface area (Å²) in [6.45, 7) is 0.688. The quantitative estimate of drug-likeness (QED) is 0.759. The second-order valence-electron chi connectivity index (χ2n) is 6.60. The molecule has 2 aromatic carbocycles. The topological polar surface area (TPSA) is 75.7 Å². The predicted octanol–water partition coefficient (Wildman–Crippen LogP) is 2.79. The van der Waals surface area contributed by atoms with E-state index in [-0.39, 0.29) is 18.2 Å². The van der Waals surface area contributed by atoms with E-state index < -0.39 is 11.9 Å². The third-order valence-corrected chi connectivity index (χ3v) is 5.38. The molecule has 1 N–H and O–H groups in total. The van der Waals surface area contributed by atoms with E-state index >= 15 is 0 Å². The number of hydrogen-bond donors (Lipinski definition) is 1. The van der Waals surface area contributed by atoms with Crippen molar-refractivity contribution in [3.63, 3.8) is 0 Å². The van der Waals surface area contributed by atoms with Crippen molar-refractivity contribution in [2.75, 3.05) is 0 Å². The summed E-state index contributed by atoms with van der Waals surface area (Å²) in [6.07, 6.45) is 0.586. The van der Waals surface area contributed by atoms with Gasteiger partial charge in [-0.2, -0.15) is 0 Å². The molecule has 2 heterocycles. The van der Waals surface area contributed by atoms with Gasteiger partial charge in [0.05, 0.1) is 6.54 Å². The lowest BCUT2D eigenvalue weighted by atomic mass is 10.0. The van der Waals surface area contributed by atoms with E-state index in [1.807, 2.05) is 30.3 Å². The van der Waals surface area contributed by atoms with E-state index in [1.165, 1.54) is 4.90 Å². The fourth-order valence-corrected chi connectivity index (χ4v) is 3.70. The van der Waals surface area contributed by atoms with E-state index in [2.05, 4.69) is 21.2 Å². The highest BCUT2D eigenvalue weighted by Crippen LogP contribution is 2.33. The van der Waals surface area contributed by atoms with Gasteiger partial charge in [-0.05, 0) is 36.2 Å². The third kappa shape index (κ3) is 3.47. The van der Waals surface area contributed by atoms with Crippen molar-refractivity contribution in [1.29, 1.82) is 0 Å². The van der Waals surface area contributed by atoms with Crippen molar-refractivity contribution >= 4 is 33.7 Å². The van der Waals surface area contributed by atoms with Gasteiger partial charge >= 0.3 is 0 Å². The molecule has 0 unspecified atom stereocenters. The molecular weight excluding hydrogens is 412 g/mol. The van der Waals surface area contributed by atoms with Crippen LogP contribution in [0.3, 0.4) is 0 Å². The molecule has 27 heavy (non-hydrogen) atoms. The molecule has 2 aliphatic rings. The fourth-order valence-electron chi connectivity index (χ4n) is 3.43. The van der Waals surface area contributed by atoms with Gasteiger partial charge in [0, 0.05) is 22.0 Å². The summed E-state index contributed by atoms with van der Waals surface area (Å²) in [5, 5.41) is 2.31. The Bertz CT molecular complexity index is 926. The highest BCUT2D eigenvalue weighted by molar-refractivity contribution is 9.10. The molecule has 138 valence electrons. The van der Waals surface area contributed by atoms with Gasteiger partial charge in [-0.15, -0.1) is 0 Å². The maximum absolute atomic E-state index is 12.8. The first-order chi connectivity index (χ1) is 13.0. The van der Waals surface area contributed by atoms with Gasteiger partial charge in [0.25, 0.3) is 5.91 Å². The summed E-state index contributed by atoms with van der Waals surface area (Å²) < 4.78 is 6.95. The van der Waals surface area contributed by atoms with Crippen molar-refractivity contribution in [3.8, 4) is 5.75 Å². The zero-order valence-electron chi connectivity index (χ0n) is 14.4. The number of hydrogen-bond acceptors (Lipinski definition) is 4. The number of carbonyl (C=O) groups is 3. The number of nitrogens with zero attached hydrogens (tertiary/aromatic N) is 1. The smallest absolute Gasteiger partial charge is 0.255 e. The molecule has 0 spiro atoms. The summed E-state index contributed by atoms with van der Waals surface area (Å²) in [6, 6.07) is 12.6. The van der Waals surface area contributed by atoms with Crippen LogP contribution in [-0.2, 0) is 22.7 Å². The van der Waals surface area contributed by atoms with Crippen LogP contribution in [0.1, 0.15) is 34.3 Å². The van der Waals surface area contributed by atoms with Crippen molar-refractivity contribution in [2.45, 2.75) is 32.0 Å². The van der Waals surface area contributed by atoms with E-state index in [0.717, 1.165) is 15.6 Å². The Hall–Kier alpha value is -2.67. The number of nitrogens with one attached hydrogen (secondary N) is 1. The van der Waals surface area contributed by atoms with Crippen molar-refractivity contribution in [1.82, 2.24) is 10.2 Å². The minimum atomic E-state index is -0.623. The highest BCUT2D eigenvalue weighted by atomic mass is 79.9. The number of fused-ring (bicyclic) bond motifs is 1. The molecule has 1 saturated heterocycles. The molecule has 7 heteroatoms. The zero-order valence-corrected chi connectivity index (χ0v) is 16.0. The van der Waals surface area contributed by atoms with Crippen molar-refractivity contribution in [2.24, 2.45) is 0 Å². The molecule has 0 saturated carbocycles. The molecule has 4 rings (SSSR count). The van der Waals surface area contributed by atoms with Crippen LogP contribution in [0.4, 0.5) is 0 Å². The Morgan fingerprint density at radius 1 is 1.11 bits per heavy atom. The van der Waals surface area contributed by atoms with E-state index in [4.69, 9.17) is 4.74 Å². The lowest BCUT2D eigenvalue weighted by Crippen LogP contribution is -2.52. The molecule has 0 aromatic heterocycles. The first kappa shape index (κ1) is 17.7. The Kier molecular flexibility index (Phi) is 4.70. The van der Waals surface area contributed by atoms with Crippen molar-refractivity contribution < 1.29 is 19.1 Å². The van der Waals surface area contributed by atoms with Gasteiger partial charge in [-0.3, -0.25) is 19.7 Å². The number of amides is 3. The molecular formula is C20H17BrN2O4. The molecule has 2 aliphatic heterocycles. The second kappa shape index (κ2) is 7.15. The molecule has 1 fully saturated rings. The van der Waals surface area contributed by atoms with Gasteiger partial charge in [0.2, 0.25) is 11.8 Å². The number of carbonyl (C=O) groups excluding carboxylic acids is 3. The van der Waals surface area contributed by atoms with Gasteiger partial charge in [-0.25, -0.2) is 0 Å². The predicted molar refractivity (Wildman–Crippen MR) is 101 cm³/mol. The third-order valence-electron chi connectivity index (χ3n) is 4.85. The number of ether oxygens (including phenoxy) is 1. The first-order valence-electron chi connectivity index (χ1n) is 8.67. The highest BCUT2D eigenvalue weighted by Gasteiger charge is 2.40. The summed E-state index contributed by atoms with van der Waals surface area (Å²) in [4.78, 5) is 37.8. The molecule has 1 atom stereocenters. The molecule has 0 aliphatic carbocycles. The number of piperidine rings is 1. The lowest BCUT2D eigenvalue weighted by Gasteiger charge is -2.29. The van der Waals surface area contributed by atoms with Crippen LogP contribution < -0.4 is 10.1 Å². The van der Waals surface area contributed by atoms with Crippen LogP contribution in [0.5, 0.6) is 5.75 Å². The standard InChI is InChI=1S/C20H17BrN2O4/c21-13-6-4-12(5-7-13)11-27-17-3-1-2-14-15(17)10-23(20(14)26)16-8-9-18(24)22-19(16)25/h1-7,16H,8-11H2,(H,22,24,25)/t16-/m0/s1. The molecule has 2 aromatic rings. The monoisotopic (exact) mass is 428 g/mol. The Labute approximate surface area is 164 Å². The fraction of sp³-hybridized carbons (Fsp3) is 0.250. The largest absolute Gasteiger partial charge is 0.489 e. The van der Waals surface area contributed by atoms with Crippen LogP contribution in [0.2, 0.25) is 0 Å². The van der Waals surface area contributed by atoms with Crippen LogP contribution in [0.15, 0.2) is 46.9 Å². The maximum atomic E-state index is 12.8. The first-order valence-corrected chi connectivity index (χ1v) is 9.46. The van der Waals surface area contributed by atoms with Gasteiger partial charge < -0.3 is 9.64 Å². The van der Waals surface area contributed by atoms with Crippen LogP contribution >= 0.6 is 15.9 Å². The molecule has 6 nitrogen and oxygen atoms in total. The van der Waals surface area contributed by atoms with Crippen LogP contribution in [0.25, 0.3) is 0 Å². The number of benzene rings is 2. The molecule has 0 bridgehead atoms. The summed E-state index contributed by atoms with van der Waals surface area (Å²) in [7, 11) is 0. The van der Waals surface area contributed by atoms with Crippen LogP contribution in [0, 0.1) is 0 Å². The molecule has 3 amide bonds. The zero-order chi connectivity index (χ0) is 19.0. The second-order valence-corrected chi connectivity index (χ2v) is 7.51. The maximum Gasteiger partial charge on any atom is 0.255 e. The Morgan fingerprint density at radius 2 is 1.89 bits per heavy atom. The number of halogens is 1. The van der Waals surface area contributed by atoms with E-state index in [1.54, 1.807) is 12.1 Å². The number of rotatable bonds is 4. The number of imide groups is 1. The SMILES string of the molecule is O=C1CC[C@H](N2Cc3c(OCc4ccc(Br)cc4)cccc3C2=O)C(=O)N1.